The standard InChI is InChI=1S/C25H20BrNO7/c26-19-7-3-17(4-8-19)25(31)34-20-9-5-16(6-10-20)22(28)15-33-24(30)18-12-23(29)27(13-18)14-21-2-1-11-32-21/h1-11,18H,12-15H2/t18-/m1/s1. The summed E-state index contributed by atoms with van der Waals surface area (Å²) in [5.41, 5.74) is 0.696. The van der Waals surface area contributed by atoms with Crippen LogP contribution in [0.4, 0.5) is 0 Å². The van der Waals surface area contributed by atoms with Crippen LogP contribution in [-0.4, -0.2) is 41.7 Å². The number of halogens is 1. The highest BCUT2D eigenvalue weighted by atomic mass is 79.9. The lowest BCUT2D eigenvalue weighted by Gasteiger charge is -2.14. The number of Topliss-reactive ketones (excluding diaryl/α,β-unsaturated/α-hetero) is 1. The summed E-state index contributed by atoms with van der Waals surface area (Å²) in [6.07, 6.45) is 1.55. The molecule has 1 amide bonds. The molecule has 3 aromatic rings. The first-order valence-corrected chi connectivity index (χ1v) is 11.3. The number of ketones is 1. The molecule has 174 valence electrons. The lowest BCUT2D eigenvalue weighted by Crippen LogP contribution is -2.27. The maximum Gasteiger partial charge on any atom is 0.343 e. The maximum atomic E-state index is 12.4. The van der Waals surface area contributed by atoms with Crippen LogP contribution in [-0.2, 0) is 20.9 Å². The minimum atomic E-state index is -0.629. The molecule has 2 aromatic carbocycles. The molecule has 1 atom stereocenters. The van der Waals surface area contributed by atoms with Gasteiger partial charge in [0.2, 0.25) is 5.91 Å². The van der Waals surface area contributed by atoms with Gasteiger partial charge in [-0.1, -0.05) is 15.9 Å². The second kappa shape index (κ2) is 10.5. The number of likely N-dealkylation sites (tertiary alicyclic amines) is 1. The Morgan fingerprint density at radius 1 is 1.00 bits per heavy atom. The summed E-state index contributed by atoms with van der Waals surface area (Å²) in [5, 5.41) is 0. The van der Waals surface area contributed by atoms with Crippen molar-refractivity contribution in [1.29, 1.82) is 0 Å². The maximum absolute atomic E-state index is 12.4. The first-order chi connectivity index (χ1) is 16.4. The molecule has 0 N–H and O–H groups in total. The Hall–Kier alpha value is -3.72. The van der Waals surface area contributed by atoms with Crippen LogP contribution < -0.4 is 4.74 Å². The van der Waals surface area contributed by atoms with Crippen LogP contribution in [0.25, 0.3) is 0 Å². The van der Waals surface area contributed by atoms with Gasteiger partial charge in [-0.3, -0.25) is 14.4 Å². The number of hydrogen-bond donors (Lipinski definition) is 0. The quantitative estimate of drug-likeness (QED) is 0.248. The highest BCUT2D eigenvalue weighted by Crippen LogP contribution is 2.22. The Bertz CT molecular complexity index is 1190. The Morgan fingerprint density at radius 3 is 2.38 bits per heavy atom. The number of esters is 2. The SMILES string of the molecule is O=C(COC(=O)[C@@H]1CC(=O)N(Cc2ccco2)C1)c1ccc(OC(=O)c2ccc(Br)cc2)cc1. The molecule has 2 heterocycles. The number of amides is 1. The van der Waals surface area contributed by atoms with Crippen molar-refractivity contribution in [3.05, 3.63) is 88.3 Å². The van der Waals surface area contributed by atoms with Crippen molar-refractivity contribution < 1.29 is 33.1 Å². The normalized spacial score (nSPS) is 15.3. The summed E-state index contributed by atoms with van der Waals surface area (Å²) in [6, 6.07) is 16.2. The van der Waals surface area contributed by atoms with Gasteiger partial charge >= 0.3 is 11.9 Å². The van der Waals surface area contributed by atoms with E-state index in [1.165, 1.54) is 35.4 Å². The molecule has 34 heavy (non-hydrogen) atoms. The number of nitrogens with zero attached hydrogens (tertiary/aromatic N) is 1. The van der Waals surface area contributed by atoms with Gasteiger partial charge in [-0.25, -0.2) is 4.79 Å². The Labute approximate surface area is 203 Å². The van der Waals surface area contributed by atoms with Crippen LogP contribution >= 0.6 is 15.9 Å². The molecule has 9 heteroatoms. The lowest BCUT2D eigenvalue weighted by atomic mass is 10.1. The zero-order valence-electron chi connectivity index (χ0n) is 17.9. The van der Waals surface area contributed by atoms with Gasteiger partial charge in [0.25, 0.3) is 0 Å². The van der Waals surface area contributed by atoms with Crippen molar-refractivity contribution in [2.45, 2.75) is 13.0 Å². The number of furan rings is 1. The van der Waals surface area contributed by atoms with Crippen molar-refractivity contribution in [2.24, 2.45) is 5.92 Å². The molecule has 0 aliphatic carbocycles. The molecule has 0 unspecified atom stereocenters. The summed E-state index contributed by atoms with van der Waals surface area (Å²) < 4.78 is 16.5. The molecule has 0 saturated carbocycles. The van der Waals surface area contributed by atoms with E-state index in [0.717, 1.165) is 4.47 Å². The third-order valence-corrected chi connectivity index (χ3v) is 5.82. The van der Waals surface area contributed by atoms with Crippen molar-refractivity contribution in [3.63, 3.8) is 0 Å². The van der Waals surface area contributed by atoms with Crippen molar-refractivity contribution in [1.82, 2.24) is 4.90 Å². The van der Waals surface area contributed by atoms with E-state index in [1.54, 1.807) is 36.4 Å². The summed E-state index contributed by atoms with van der Waals surface area (Å²) in [5.74, 6) is -1.41. The van der Waals surface area contributed by atoms with E-state index in [4.69, 9.17) is 13.9 Å². The molecule has 0 spiro atoms. The Kier molecular flexibility index (Phi) is 7.22. The fourth-order valence-electron chi connectivity index (χ4n) is 3.47. The summed E-state index contributed by atoms with van der Waals surface area (Å²) >= 11 is 3.30. The minimum Gasteiger partial charge on any atom is -0.467 e. The Morgan fingerprint density at radius 2 is 1.71 bits per heavy atom. The van der Waals surface area contributed by atoms with Crippen LogP contribution in [0.2, 0.25) is 0 Å². The zero-order valence-corrected chi connectivity index (χ0v) is 19.5. The van der Waals surface area contributed by atoms with E-state index in [9.17, 15) is 19.2 Å². The third kappa shape index (κ3) is 5.79. The Balaban J connectivity index is 1.26. The number of carbonyl (C=O) groups excluding carboxylic acids is 4. The molecule has 0 radical (unpaired) electrons. The second-order valence-electron chi connectivity index (χ2n) is 7.71. The lowest BCUT2D eigenvalue weighted by molar-refractivity contribution is -0.147. The van der Waals surface area contributed by atoms with Crippen molar-refractivity contribution in [2.75, 3.05) is 13.2 Å². The van der Waals surface area contributed by atoms with Crippen LogP contribution in [0.5, 0.6) is 5.75 Å². The van der Waals surface area contributed by atoms with Gasteiger partial charge in [0.05, 0.1) is 24.3 Å². The minimum absolute atomic E-state index is 0.0339. The van der Waals surface area contributed by atoms with E-state index in [1.807, 2.05) is 0 Å². The van der Waals surface area contributed by atoms with Gasteiger partial charge in [0, 0.05) is 23.0 Å². The number of ether oxygens (including phenoxy) is 2. The van der Waals surface area contributed by atoms with Crippen LogP contribution in [0, 0.1) is 5.92 Å². The first-order valence-electron chi connectivity index (χ1n) is 10.5. The van der Waals surface area contributed by atoms with E-state index in [-0.39, 0.29) is 31.2 Å². The van der Waals surface area contributed by atoms with E-state index < -0.39 is 30.2 Å². The molecule has 1 aromatic heterocycles. The number of benzene rings is 2. The van der Waals surface area contributed by atoms with Crippen LogP contribution in [0.1, 0.15) is 32.9 Å². The average Bonchev–Trinajstić information content (AvgIpc) is 3.48. The highest BCUT2D eigenvalue weighted by Gasteiger charge is 2.36. The van der Waals surface area contributed by atoms with Gasteiger partial charge in [0.1, 0.15) is 11.5 Å². The predicted octanol–water partition coefficient (Wildman–Crippen LogP) is 4.04. The molecule has 4 rings (SSSR count). The highest BCUT2D eigenvalue weighted by molar-refractivity contribution is 9.10. The molecule has 1 fully saturated rings. The number of rotatable bonds is 8. The van der Waals surface area contributed by atoms with E-state index in [2.05, 4.69) is 15.9 Å². The molecular formula is C25H20BrNO7. The number of hydrogen-bond acceptors (Lipinski definition) is 7. The molecule has 0 bridgehead atoms. The molecule has 1 aliphatic rings. The summed E-state index contributed by atoms with van der Waals surface area (Å²) in [4.78, 5) is 50.7. The first kappa shape index (κ1) is 23.4. The van der Waals surface area contributed by atoms with Gasteiger partial charge in [-0.2, -0.15) is 0 Å². The fraction of sp³-hybridized carbons (Fsp3) is 0.200. The predicted molar refractivity (Wildman–Crippen MR) is 123 cm³/mol. The van der Waals surface area contributed by atoms with Crippen molar-refractivity contribution >= 4 is 39.6 Å². The topological polar surface area (TPSA) is 103 Å². The van der Waals surface area contributed by atoms with Crippen LogP contribution in [0.15, 0.2) is 75.8 Å². The summed E-state index contributed by atoms with van der Waals surface area (Å²) in [6.45, 7) is 0.0536. The molecule has 1 aliphatic heterocycles. The molecule has 1 saturated heterocycles. The smallest absolute Gasteiger partial charge is 0.343 e. The van der Waals surface area contributed by atoms with Gasteiger partial charge in [0.15, 0.2) is 12.4 Å². The van der Waals surface area contributed by atoms with E-state index >= 15 is 0 Å². The van der Waals surface area contributed by atoms with Crippen LogP contribution in [0.3, 0.4) is 0 Å². The fourth-order valence-corrected chi connectivity index (χ4v) is 3.74. The average molecular weight is 526 g/mol. The zero-order chi connectivity index (χ0) is 24.1. The second-order valence-corrected chi connectivity index (χ2v) is 8.62. The summed E-state index contributed by atoms with van der Waals surface area (Å²) in [7, 11) is 0. The number of carbonyl (C=O) groups is 4. The molecule has 8 nitrogen and oxygen atoms in total. The van der Waals surface area contributed by atoms with Gasteiger partial charge in [-0.05, 0) is 60.7 Å². The molecular weight excluding hydrogens is 506 g/mol. The van der Waals surface area contributed by atoms with Gasteiger partial charge < -0.3 is 18.8 Å². The van der Waals surface area contributed by atoms with Gasteiger partial charge in [-0.15, -0.1) is 0 Å². The van der Waals surface area contributed by atoms with E-state index in [0.29, 0.717) is 16.9 Å². The largest absolute Gasteiger partial charge is 0.467 e. The van der Waals surface area contributed by atoms with Crippen molar-refractivity contribution in [3.8, 4) is 5.75 Å². The third-order valence-electron chi connectivity index (χ3n) is 5.29. The monoisotopic (exact) mass is 525 g/mol.